The molecule has 1 aromatic heterocycles. The van der Waals surface area contributed by atoms with Gasteiger partial charge in [0, 0.05) is 18.7 Å². The number of halogens is 3. The Bertz CT molecular complexity index is 1100. The van der Waals surface area contributed by atoms with Gasteiger partial charge in [-0.05, 0) is 80.6 Å². The number of carbonyl (C=O) groups is 1. The Hall–Kier alpha value is -3.06. The van der Waals surface area contributed by atoms with Crippen LogP contribution in [0.5, 0.6) is 0 Å². The van der Waals surface area contributed by atoms with Gasteiger partial charge in [0.1, 0.15) is 5.76 Å². The van der Waals surface area contributed by atoms with Crippen molar-refractivity contribution >= 4 is 5.91 Å². The number of hydrogen-bond donors (Lipinski definition) is 1. The van der Waals surface area contributed by atoms with E-state index in [1.165, 1.54) is 17.7 Å². The van der Waals surface area contributed by atoms with Crippen molar-refractivity contribution in [1.29, 1.82) is 0 Å². The molecule has 180 valence electrons. The number of benzene rings is 2. The first-order valence-corrected chi connectivity index (χ1v) is 11.6. The Morgan fingerprint density at radius 3 is 2.50 bits per heavy atom. The van der Waals surface area contributed by atoms with E-state index in [1.54, 1.807) is 13.0 Å². The van der Waals surface area contributed by atoms with Gasteiger partial charge in [0.25, 0.3) is 5.91 Å². The van der Waals surface area contributed by atoms with Crippen molar-refractivity contribution in [3.63, 3.8) is 0 Å². The molecule has 1 aliphatic heterocycles. The van der Waals surface area contributed by atoms with Crippen molar-refractivity contribution < 1.29 is 22.4 Å². The summed E-state index contributed by atoms with van der Waals surface area (Å²) in [5.41, 5.74) is 1.56. The van der Waals surface area contributed by atoms with Crippen molar-refractivity contribution in [3.8, 4) is 11.3 Å². The van der Waals surface area contributed by atoms with Crippen molar-refractivity contribution in [3.05, 3.63) is 83.1 Å². The highest BCUT2D eigenvalue weighted by Crippen LogP contribution is 2.34. The number of rotatable bonds is 7. The molecule has 1 N–H and O–H groups in total. The molecule has 1 fully saturated rings. The predicted octanol–water partition coefficient (Wildman–Crippen LogP) is 6.31. The Morgan fingerprint density at radius 2 is 1.79 bits per heavy atom. The van der Waals surface area contributed by atoms with Gasteiger partial charge >= 0.3 is 6.18 Å². The van der Waals surface area contributed by atoms with Gasteiger partial charge in [-0.25, -0.2) is 0 Å². The van der Waals surface area contributed by atoms with Gasteiger partial charge in [0.2, 0.25) is 0 Å². The minimum absolute atomic E-state index is 0.101. The summed E-state index contributed by atoms with van der Waals surface area (Å²) in [7, 11) is 0. The standard InChI is InChI=1S/C27H29F3N2O2/c1-19-7-8-22(27(28,29)30)17-23(19)24-9-10-25(34-24)26(33)31-14-11-20-12-15-32(16-13-20)18-21-5-3-2-4-6-21/h2-10,17,20H,11-16,18H2,1H3,(H,31,33). The number of carbonyl (C=O) groups excluding carboxylic acids is 1. The monoisotopic (exact) mass is 470 g/mol. The quantitative estimate of drug-likeness (QED) is 0.440. The van der Waals surface area contributed by atoms with Crippen molar-refractivity contribution in [2.24, 2.45) is 5.92 Å². The third-order valence-electron chi connectivity index (χ3n) is 6.45. The number of piperidine rings is 1. The van der Waals surface area contributed by atoms with Gasteiger partial charge in [-0.2, -0.15) is 13.2 Å². The molecule has 4 nitrogen and oxygen atoms in total. The Labute approximate surface area is 197 Å². The lowest BCUT2D eigenvalue weighted by atomic mass is 9.93. The van der Waals surface area contributed by atoms with Crippen LogP contribution < -0.4 is 5.32 Å². The number of furan rings is 1. The van der Waals surface area contributed by atoms with E-state index in [0.717, 1.165) is 51.0 Å². The Balaban J connectivity index is 1.25. The molecule has 1 amide bonds. The SMILES string of the molecule is Cc1ccc(C(F)(F)F)cc1-c1ccc(C(=O)NCCC2CCN(Cc3ccccc3)CC2)o1. The summed E-state index contributed by atoms with van der Waals surface area (Å²) in [6, 6.07) is 17.0. The molecule has 4 rings (SSSR count). The van der Waals surface area contributed by atoms with Gasteiger partial charge in [-0.3, -0.25) is 9.69 Å². The van der Waals surface area contributed by atoms with Gasteiger partial charge in [0.05, 0.1) is 5.56 Å². The average molecular weight is 471 g/mol. The van der Waals surface area contributed by atoms with E-state index in [9.17, 15) is 18.0 Å². The first-order chi connectivity index (χ1) is 16.3. The summed E-state index contributed by atoms with van der Waals surface area (Å²) in [6.45, 7) is 5.32. The van der Waals surface area contributed by atoms with Crippen molar-refractivity contribution in [2.45, 2.75) is 38.9 Å². The average Bonchev–Trinajstić information content (AvgIpc) is 3.31. The van der Waals surface area contributed by atoms with Crippen molar-refractivity contribution in [1.82, 2.24) is 10.2 Å². The largest absolute Gasteiger partial charge is 0.451 e. The van der Waals surface area contributed by atoms with Crippen LogP contribution in [0.4, 0.5) is 13.2 Å². The van der Waals surface area contributed by atoms with Gasteiger partial charge < -0.3 is 9.73 Å². The van der Waals surface area contributed by atoms with Crippen LogP contribution in [0.2, 0.25) is 0 Å². The highest BCUT2D eigenvalue weighted by Gasteiger charge is 2.31. The fraction of sp³-hybridized carbons (Fsp3) is 0.370. The molecule has 0 spiro atoms. The summed E-state index contributed by atoms with van der Waals surface area (Å²) in [5, 5.41) is 2.89. The van der Waals surface area contributed by atoms with E-state index >= 15 is 0 Å². The van der Waals surface area contributed by atoms with E-state index in [0.29, 0.717) is 23.6 Å². The lowest BCUT2D eigenvalue weighted by Crippen LogP contribution is -2.34. The zero-order chi connectivity index (χ0) is 24.1. The second-order valence-corrected chi connectivity index (χ2v) is 8.94. The van der Waals surface area contributed by atoms with Crippen LogP contribution in [0.15, 0.2) is 65.1 Å². The molecule has 3 aromatic rings. The molecule has 7 heteroatoms. The summed E-state index contributed by atoms with van der Waals surface area (Å²) < 4.78 is 44.8. The number of likely N-dealkylation sites (tertiary alicyclic amines) is 1. The number of nitrogens with zero attached hydrogens (tertiary/aromatic N) is 1. The summed E-state index contributed by atoms with van der Waals surface area (Å²) >= 11 is 0. The van der Waals surface area contributed by atoms with Crippen LogP contribution in [0.25, 0.3) is 11.3 Å². The van der Waals surface area contributed by atoms with Crippen LogP contribution >= 0.6 is 0 Å². The first-order valence-electron chi connectivity index (χ1n) is 11.6. The predicted molar refractivity (Wildman–Crippen MR) is 125 cm³/mol. The summed E-state index contributed by atoms with van der Waals surface area (Å²) in [4.78, 5) is 15.0. The molecular formula is C27H29F3N2O2. The molecule has 1 aliphatic rings. The number of hydrogen-bond acceptors (Lipinski definition) is 3. The van der Waals surface area contributed by atoms with Crippen LogP contribution in [0.1, 0.15) is 46.5 Å². The normalized spacial score (nSPS) is 15.4. The van der Waals surface area contributed by atoms with Gasteiger partial charge in [-0.1, -0.05) is 36.4 Å². The van der Waals surface area contributed by atoms with Crippen LogP contribution in [-0.4, -0.2) is 30.4 Å². The maximum absolute atomic E-state index is 13.1. The molecule has 0 bridgehead atoms. The molecule has 2 aromatic carbocycles. The molecule has 34 heavy (non-hydrogen) atoms. The smallest absolute Gasteiger partial charge is 0.416 e. The number of alkyl halides is 3. The van der Waals surface area contributed by atoms with Crippen LogP contribution in [-0.2, 0) is 12.7 Å². The number of aryl methyl sites for hydroxylation is 1. The summed E-state index contributed by atoms with van der Waals surface area (Å²) in [5.74, 6) is 0.564. The third kappa shape index (κ3) is 6.08. The van der Waals surface area contributed by atoms with E-state index in [-0.39, 0.29) is 17.4 Å². The van der Waals surface area contributed by atoms with Crippen LogP contribution in [0.3, 0.4) is 0 Å². The lowest BCUT2D eigenvalue weighted by Gasteiger charge is -2.32. The maximum atomic E-state index is 13.1. The van der Waals surface area contributed by atoms with Gasteiger partial charge in [-0.15, -0.1) is 0 Å². The minimum atomic E-state index is -4.44. The molecule has 0 unspecified atom stereocenters. The second-order valence-electron chi connectivity index (χ2n) is 8.94. The van der Waals surface area contributed by atoms with Crippen LogP contribution in [0, 0.1) is 12.8 Å². The van der Waals surface area contributed by atoms with Crippen molar-refractivity contribution in [2.75, 3.05) is 19.6 Å². The first kappa shape index (κ1) is 24.1. The van der Waals surface area contributed by atoms with Gasteiger partial charge in [0.15, 0.2) is 5.76 Å². The minimum Gasteiger partial charge on any atom is -0.451 e. The molecule has 0 aliphatic carbocycles. The molecule has 2 heterocycles. The molecule has 0 radical (unpaired) electrons. The van der Waals surface area contributed by atoms with E-state index < -0.39 is 11.7 Å². The fourth-order valence-corrected chi connectivity index (χ4v) is 4.42. The zero-order valence-corrected chi connectivity index (χ0v) is 19.2. The van der Waals surface area contributed by atoms with E-state index in [2.05, 4.69) is 34.5 Å². The molecular weight excluding hydrogens is 441 g/mol. The topological polar surface area (TPSA) is 45.5 Å². The number of nitrogens with one attached hydrogen (secondary N) is 1. The fourth-order valence-electron chi connectivity index (χ4n) is 4.42. The zero-order valence-electron chi connectivity index (χ0n) is 19.2. The highest BCUT2D eigenvalue weighted by molar-refractivity contribution is 5.92. The Kier molecular flexibility index (Phi) is 7.41. The Morgan fingerprint density at radius 1 is 1.06 bits per heavy atom. The van der Waals surface area contributed by atoms with E-state index in [4.69, 9.17) is 4.42 Å². The number of amides is 1. The molecule has 1 saturated heterocycles. The lowest BCUT2D eigenvalue weighted by molar-refractivity contribution is -0.137. The maximum Gasteiger partial charge on any atom is 0.416 e. The second kappa shape index (κ2) is 10.5. The summed E-state index contributed by atoms with van der Waals surface area (Å²) in [6.07, 6.45) is -1.34. The highest BCUT2D eigenvalue weighted by atomic mass is 19.4. The third-order valence-corrected chi connectivity index (χ3v) is 6.45. The van der Waals surface area contributed by atoms with E-state index in [1.807, 2.05) is 6.07 Å². The molecule has 0 saturated carbocycles. The molecule has 0 atom stereocenters.